The fourth-order valence-corrected chi connectivity index (χ4v) is 3.37. The van der Waals surface area contributed by atoms with Gasteiger partial charge in [0.25, 0.3) is 0 Å². The molecule has 0 saturated carbocycles. The van der Waals surface area contributed by atoms with E-state index in [0.717, 1.165) is 38.4 Å². The van der Waals surface area contributed by atoms with Crippen LogP contribution in [0.15, 0.2) is 47.8 Å². The average Bonchev–Trinajstić information content (AvgIpc) is 3.07. The van der Waals surface area contributed by atoms with Gasteiger partial charge in [-0.25, -0.2) is 0 Å². The van der Waals surface area contributed by atoms with Crippen LogP contribution in [0.25, 0.3) is 0 Å². The number of piperazine rings is 1. The molecule has 22 heavy (non-hydrogen) atoms. The predicted octanol–water partition coefficient (Wildman–Crippen LogP) is 2.50. The largest absolute Gasteiger partial charge is 0.376 e. The summed E-state index contributed by atoms with van der Waals surface area (Å²) in [7, 11) is 0. The van der Waals surface area contributed by atoms with Crippen LogP contribution in [0.4, 0.5) is 5.69 Å². The minimum atomic E-state index is 0.180. The number of carbonyl (C=O) groups is 1. The molecule has 0 unspecified atom stereocenters. The average molecular weight is 315 g/mol. The van der Waals surface area contributed by atoms with E-state index in [9.17, 15) is 4.79 Å². The molecule has 1 amide bonds. The van der Waals surface area contributed by atoms with E-state index in [1.54, 1.807) is 11.3 Å². The van der Waals surface area contributed by atoms with Gasteiger partial charge in [0.15, 0.2) is 0 Å². The number of anilines is 1. The molecule has 1 saturated heterocycles. The lowest BCUT2D eigenvalue weighted by Crippen LogP contribution is -2.49. The third-order valence-electron chi connectivity index (χ3n) is 3.90. The summed E-state index contributed by atoms with van der Waals surface area (Å²) in [5, 5.41) is 5.30. The van der Waals surface area contributed by atoms with E-state index >= 15 is 0 Å². The van der Waals surface area contributed by atoms with Gasteiger partial charge in [-0.2, -0.15) is 0 Å². The number of nitrogens with zero attached hydrogens (tertiary/aromatic N) is 2. The van der Waals surface area contributed by atoms with Crippen LogP contribution < -0.4 is 5.32 Å². The van der Waals surface area contributed by atoms with E-state index in [4.69, 9.17) is 0 Å². The first-order valence-electron chi connectivity index (χ1n) is 7.63. The summed E-state index contributed by atoms with van der Waals surface area (Å²) < 4.78 is 0. The summed E-state index contributed by atoms with van der Waals surface area (Å²) >= 11 is 1.80. The monoisotopic (exact) mass is 315 g/mol. The lowest BCUT2D eigenvalue weighted by molar-refractivity contribution is -0.131. The van der Waals surface area contributed by atoms with Crippen molar-refractivity contribution in [2.75, 3.05) is 38.0 Å². The van der Waals surface area contributed by atoms with Crippen LogP contribution in [-0.2, 0) is 11.3 Å². The molecule has 0 bridgehead atoms. The van der Waals surface area contributed by atoms with E-state index < -0.39 is 0 Å². The molecule has 1 aromatic heterocycles. The van der Waals surface area contributed by atoms with E-state index in [1.807, 2.05) is 35.2 Å². The highest BCUT2D eigenvalue weighted by atomic mass is 32.1. The molecule has 0 spiro atoms. The molecular weight excluding hydrogens is 294 g/mol. The van der Waals surface area contributed by atoms with Crippen molar-refractivity contribution in [3.8, 4) is 0 Å². The highest BCUT2D eigenvalue weighted by molar-refractivity contribution is 7.09. The Morgan fingerprint density at radius 2 is 1.82 bits per heavy atom. The number of carbonyl (C=O) groups excluding carboxylic acids is 1. The third-order valence-corrected chi connectivity index (χ3v) is 4.76. The van der Waals surface area contributed by atoms with Gasteiger partial charge >= 0.3 is 0 Å². The van der Waals surface area contributed by atoms with Crippen LogP contribution in [0.5, 0.6) is 0 Å². The maximum absolute atomic E-state index is 12.2. The topological polar surface area (TPSA) is 35.6 Å². The van der Waals surface area contributed by atoms with Crippen LogP contribution in [0.3, 0.4) is 0 Å². The SMILES string of the molecule is O=C(CNc1ccccc1)N1CCN(Cc2cccs2)CC1. The van der Waals surface area contributed by atoms with Crippen molar-refractivity contribution in [2.24, 2.45) is 0 Å². The Bertz CT molecular complexity index is 577. The molecule has 0 atom stereocenters. The van der Waals surface area contributed by atoms with Crippen LogP contribution in [0.1, 0.15) is 4.88 Å². The molecule has 116 valence electrons. The first-order chi connectivity index (χ1) is 10.8. The molecule has 1 aromatic carbocycles. The van der Waals surface area contributed by atoms with Gasteiger partial charge in [0.1, 0.15) is 0 Å². The van der Waals surface area contributed by atoms with Gasteiger partial charge in [-0.3, -0.25) is 9.69 Å². The molecule has 4 nitrogen and oxygen atoms in total. The minimum Gasteiger partial charge on any atom is -0.376 e. The van der Waals surface area contributed by atoms with Crippen molar-refractivity contribution in [3.05, 3.63) is 52.7 Å². The maximum Gasteiger partial charge on any atom is 0.241 e. The second-order valence-electron chi connectivity index (χ2n) is 5.46. The van der Waals surface area contributed by atoms with E-state index in [2.05, 4.69) is 27.7 Å². The van der Waals surface area contributed by atoms with Gasteiger partial charge in [0.2, 0.25) is 5.91 Å². The number of amides is 1. The maximum atomic E-state index is 12.2. The molecule has 5 heteroatoms. The van der Waals surface area contributed by atoms with Gasteiger partial charge in [0.05, 0.1) is 6.54 Å². The molecule has 0 aliphatic carbocycles. The highest BCUT2D eigenvalue weighted by Crippen LogP contribution is 2.13. The van der Waals surface area contributed by atoms with Gasteiger partial charge in [-0.1, -0.05) is 24.3 Å². The normalized spacial score (nSPS) is 15.7. The van der Waals surface area contributed by atoms with Gasteiger partial charge in [-0.05, 0) is 23.6 Å². The Hall–Kier alpha value is -1.85. The summed E-state index contributed by atoms with van der Waals surface area (Å²) in [4.78, 5) is 18.0. The molecule has 1 N–H and O–H groups in total. The number of hydrogen-bond acceptors (Lipinski definition) is 4. The molecule has 1 aliphatic heterocycles. The first kappa shape index (κ1) is 15.1. The fourth-order valence-electron chi connectivity index (χ4n) is 2.62. The number of para-hydroxylation sites is 1. The van der Waals surface area contributed by atoms with E-state index in [1.165, 1.54) is 4.88 Å². The number of rotatable bonds is 5. The molecule has 1 aliphatic rings. The third kappa shape index (κ3) is 4.08. The van der Waals surface area contributed by atoms with E-state index in [0.29, 0.717) is 6.54 Å². The molecule has 2 aromatic rings. The predicted molar refractivity (Wildman–Crippen MR) is 91.1 cm³/mol. The zero-order chi connectivity index (χ0) is 15.2. The van der Waals surface area contributed by atoms with Crippen LogP contribution >= 0.6 is 11.3 Å². The fraction of sp³-hybridized carbons (Fsp3) is 0.353. The van der Waals surface area contributed by atoms with Gasteiger partial charge in [-0.15, -0.1) is 11.3 Å². The van der Waals surface area contributed by atoms with Crippen molar-refractivity contribution in [2.45, 2.75) is 6.54 Å². The number of hydrogen-bond donors (Lipinski definition) is 1. The lowest BCUT2D eigenvalue weighted by atomic mass is 10.3. The summed E-state index contributed by atoms with van der Waals surface area (Å²) in [6.45, 7) is 4.92. The summed E-state index contributed by atoms with van der Waals surface area (Å²) in [5.74, 6) is 0.180. The second kappa shape index (κ2) is 7.42. The summed E-state index contributed by atoms with van der Waals surface area (Å²) in [5.41, 5.74) is 0.993. The number of nitrogens with one attached hydrogen (secondary N) is 1. The van der Waals surface area contributed by atoms with Crippen molar-refractivity contribution in [3.63, 3.8) is 0 Å². The Kier molecular flexibility index (Phi) is 5.08. The Morgan fingerprint density at radius 1 is 1.05 bits per heavy atom. The Morgan fingerprint density at radius 3 is 2.50 bits per heavy atom. The highest BCUT2D eigenvalue weighted by Gasteiger charge is 2.20. The first-order valence-corrected chi connectivity index (χ1v) is 8.51. The minimum absolute atomic E-state index is 0.180. The van der Waals surface area contributed by atoms with E-state index in [-0.39, 0.29) is 5.91 Å². The van der Waals surface area contributed by atoms with Crippen molar-refractivity contribution in [1.29, 1.82) is 0 Å². The van der Waals surface area contributed by atoms with Crippen LogP contribution in [-0.4, -0.2) is 48.4 Å². The van der Waals surface area contributed by atoms with Gasteiger partial charge < -0.3 is 10.2 Å². The Labute approximate surface area is 135 Å². The zero-order valence-corrected chi connectivity index (χ0v) is 13.4. The van der Waals surface area contributed by atoms with Crippen molar-refractivity contribution in [1.82, 2.24) is 9.80 Å². The zero-order valence-electron chi connectivity index (χ0n) is 12.6. The quantitative estimate of drug-likeness (QED) is 0.921. The molecule has 3 rings (SSSR count). The second-order valence-corrected chi connectivity index (χ2v) is 6.49. The standard InChI is InChI=1S/C17H21N3OS/c21-17(13-18-15-5-2-1-3-6-15)20-10-8-19(9-11-20)14-16-7-4-12-22-16/h1-7,12,18H,8-11,13-14H2. The number of benzene rings is 1. The molecule has 1 fully saturated rings. The van der Waals surface area contributed by atoms with Gasteiger partial charge in [0, 0.05) is 43.3 Å². The van der Waals surface area contributed by atoms with Crippen LogP contribution in [0.2, 0.25) is 0 Å². The molecule has 2 heterocycles. The number of thiophene rings is 1. The van der Waals surface area contributed by atoms with Crippen molar-refractivity contribution < 1.29 is 4.79 Å². The lowest BCUT2D eigenvalue weighted by Gasteiger charge is -2.34. The summed E-state index contributed by atoms with van der Waals surface area (Å²) in [6.07, 6.45) is 0. The molecule has 0 radical (unpaired) electrons. The van der Waals surface area contributed by atoms with Crippen molar-refractivity contribution >= 4 is 22.9 Å². The molecular formula is C17H21N3OS. The Balaban J connectivity index is 1.42. The summed E-state index contributed by atoms with van der Waals surface area (Å²) in [6, 6.07) is 14.1. The smallest absolute Gasteiger partial charge is 0.241 e. The van der Waals surface area contributed by atoms with Crippen LogP contribution in [0, 0.1) is 0 Å².